The number of hydrazine groups is 1. The number of nitrogens with two attached hydrogens (primary N) is 1. The maximum atomic E-state index is 10.7. The summed E-state index contributed by atoms with van der Waals surface area (Å²) in [4.78, 5) is 10.7. The predicted octanol–water partition coefficient (Wildman–Crippen LogP) is -0.110. The Morgan fingerprint density at radius 3 is 2.90 bits per heavy atom. The van der Waals surface area contributed by atoms with Crippen molar-refractivity contribution in [2.45, 2.75) is 0 Å². The maximum Gasteiger partial charge on any atom is 0.265 e. The summed E-state index contributed by atoms with van der Waals surface area (Å²) in [5.41, 5.74) is 2.38. The van der Waals surface area contributed by atoms with Crippen molar-refractivity contribution in [2.24, 2.45) is 5.84 Å². The van der Waals surface area contributed by atoms with Gasteiger partial charge < -0.3 is 0 Å². The zero-order chi connectivity index (χ0) is 7.40. The highest BCUT2D eigenvalue weighted by Crippen LogP contribution is 1.94. The quantitative estimate of drug-likeness (QED) is 0.320. The summed E-state index contributed by atoms with van der Waals surface area (Å²) < 4.78 is 0. The van der Waals surface area contributed by atoms with Crippen molar-refractivity contribution < 1.29 is 4.79 Å². The number of hydrogen-bond donors (Lipinski definition) is 2. The average Bonchev–Trinajstić information content (AvgIpc) is 2.05. The Hall–Kier alpha value is -1.35. The van der Waals surface area contributed by atoms with E-state index < -0.39 is 0 Å². The summed E-state index contributed by atoms with van der Waals surface area (Å²) >= 11 is 0. The Kier molecular flexibility index (Phi) is 2.02. The van der Waals surface area contributed by atoms with Gasteiger partial charge in [-0.05, 0) is 18.2 Å². The first-order chi connectivity index (χ1) is 4.84. The Balaban J connectivity index is 2.85. The van der Waals surface area contributed by atoms with Gasteiger partial charge in [0.15, 0.2) is 0 Å². The molecule has 0 aromatic heterocycles. The molecule has 0 atom stereocenters. The number of carbonyl (C=O) groups is 1. The van der Waals surface area contributed by atoms with Gasteiger partial charge in [0.25, 0.3) is 5.91 Å². The van der Waals surface area contributed by atoms with Crippen LogP contribution in [-0.4, -0.2) is 5.91 Å². The molecule has 10 heavy (non-hydrogen) atoms. The van der Waals surface area contributed by atoms with E-state index in [1.165, 1.54) is 6.07 Å². The molecule has 0 unspecified atom stereocenters. The first kappa shape index (κ1) is 6.77. The lowest BCUT2D eigenvalue weighted by Crippen LogP contribution is -2.29. The molecular formula is C7H6N2O. The van der Waals surface area contributed by atoms with Crippen LogP contribution in [0.15, 0.2) is 18.2 Å². The average molecular weight is 134 g/mol. The highest BCUT2D eigenvalue weighted by Gasteiger charge is 1.99. The van der Waals surface area contributed by atoms with Crippen molar-refractivity contribution in [1.29, 1.82) is 0 Å². The molecule has 50 valence electrons. The molecule has 0 aliphatic heterocycles. The molecule has 3 heteroatoms. The van der Waals surface area contributed by atoms with Crippen molar-refractivity contribution in [3.05, 3.63) is 35.9 Å². The van der Waals surface area contributed by atoms with Crippen molar-refractivity contribution in [1.82, 2.24) is 5.43 Å². The SMILES string of the molecule is NNC(=O)c1[c]cc[c]c1. The monoisotopic (exact) mass is 134 g/mol. The fraction of sp³-hybridized carbons (Fsp3) is 0. The summed E-state index contributed by atoms with van der Waals surface area (Å²) in [5, 5.41) is 0. The van der Waals surface area contributed by atoms with Crippen LogP contribution in [0, 0.1) is 12.1 Å². The molecule has 3 nitrogen and oxygen atoms in total. The minimum absolute atomic E-state index is 0.350. The normalized spacial score (nSPS) is 8.90. The number of carbonyl (C=O) groups excluding carboxylic acids is 1. The fourth-order valence-corrected chi connectivity index (χ4v) is 0.562. The number of nitrogens with one attached hydrogen (secondary N) is 1. The Bertz CT molecular complexity index is 220. The number of rotatable bonds is 1. The van der Waals surface area contributed by atoms with Crippen LogP contribution in [-0.2, 0) is 0 Å². The second-order valence-corrected chi connectivity index (χ2v) is 1.68. The van der Waals surface area contributed by atoms with E-state index in [2.05, 4.69) is 12.1 Å². The van der Waals surface area contributed by atoms with Crippen LogP contribution in [0.1, 0.15) is 10.4 Å². The Morgan fingerprint density at radius 1 is 1.60 bits per heavy atom. The first-order valence-electron chi connectivity index (χ1n) is 2.73. The van der Waals surface area contributed by atoms with Gasteiger partial charge in [-0.1, -0.05) is 12.1 Å². The molecule has 3 N–H and O–H groups in total. The first-order valence-corrected chi connectivity index (χ1v) is 2.73. The smallest absolute Gasteiger partial charge is 0.265 e. The fourth-order valence-electron chi connectivity index (χ4n) is 0.562. The van der Waals surface area contributed by atoms with Crippen LogP contribution in [0.25, 0.3) is 0 Å². The van der Waals surface area contributed by atoms with Crippen molar-refractivity contribution in [2.75, 3.05) is 0 Å². The molecule has 0 aliphatic rings. The van der Waals surface area contributed by atoms with Crippen molar-refractivity contribution in [3.63, 3.8) is 0 Å². The largest absolute Gasteiger partial charge is 0.290 e. The summed E-state index contributed by atoms with van der Waals surface area (Å²) in [6.45, 7) is 0. The minimum atomic E-state index is -0.350. The van der Waals surface area contributed by atoms with Gasteiger partial charge in [0, 0.05) is 5.56 Å². The van der Waals surface area contributed by atoms with Gasteiger partial charge in [0.05, 0.1) is 0 Å². The third-order valence-corrected chi connectivity index (χ3v) is 1.02. The van der Waals surface area contributed by atoms with Gasteiger partial charge in [-0.3, -0.25) is 10.2 Å². The molecule has 0 spiro atoms. The number of nitrogen functional groups attached to an aromatic ring is 1. The van der Waals surface area contributed by atoms with Gasteiger partial charge >= 0.3 is 0 Å². The number of hydrogen-bond acceptors (Lipinski definition) is 2. The van der Waals surface area contributed by atoms with Crippen LogP contribution in [0.5, 0.6) is 0 Å². The van der Waals surface area contributed by atoms with Gasteiger partial charge in [-0.15, -0.1) is 0 Å². The third-order valence-electron chi connectivity index (χ3n) is 1.02. The van der Waals surface area contributed by atoms with E-state index in [1.54, 1.807) is 12.1 Å². The Labute approximate surface area is 58.8 Å². The lowest BCUT2D eigenvalue weighted by Gasteiger charge is -1.95. The van der Waals surface area contributed by atoms with E-state index in [-0.39, 0.29) is 5.91 Å². The van der Waals surface area contributed by atoms with Gasteiger partial charge in [0.2, 0.25) is 0 Å². The van der Waals surface area contributed by atoms with Crippen LogP contribution in [0.4, 0.5) is 0 Å². The number of amides is 1. The summed E-state index contributed by atoms with van der Waals surface area (Å²) in [6, 6.07) is 10.2. The van der Waals surface area contributed by atoms with Crippen LogP contribution >= 0.6 is 0 Å². The minimum Gasteiger partial charge on any atom is -0.290 e. The molecule has 0 heterocycles. The van der Waals surface area contributed by atoms with Gasteiger partial charge in [-0.25, -0.2) is 5.84 Å². The second kappa shape index (κ2) is 2.98. The molecule has 0 bridgehead atoms. The molecule has 0 aliphatic carbocycles. The van der Waals surface area contributed by atoms with Gasteiger partial charge in [-0.2, -0.15) is 0 Å². The molecule has 0 saturated carbocycles. The summed E-state index contributed by atoms with van der Waals surface area (Å²) in [5.74, 6) is 4.52. The molecule has 0 saturated heterocycles. The van der Waals surface area contributed by atoms with E-state index in [4.69, 9.17) is 5.84 Å². The lowest BCUT2D eigenvalue weighted by atomic mass is 10.2. The zero-order valence-corrected chi connectivity index (χ0v) is 5.22. The zero-order valence-electron chi connectivity index (χ0n) is 5.22. The molecule has 1 rings (SSSR count). The topological polar surface area (TPSA) is 55.1 Å². The molecular weight excluding hydrogens is 128 g/mol. The van der Waals surface area contributed by atoms with Gasteiger partial charge in [0.1, 0.15) is 0 Å². The van der Waals surface area contributed by atoms with Crippen LogP contribution in [0.2, 0.25) is 0 Å². The van der Waals surface area contributed by atoms with E-state index in [0.29, 0.717) is 5.56 Å². The molecule has 1 amide bonds. The highest BCUT2D eigenvalue weighted by molar-refractivity contribution is 5.93. The maximum absolute atomic E-state index is 10.7. The highest BCUT2D eigenvalue weighted by atomic mass is 16.2. The van der Waals surface area contributed by atoms with Crippen LogP contribution < -0.4 is 11.3 Å². The third kappa shape index (κ3) is 1.33. The predicted molar refractivity (Wildman–Crippen MR) is 35.8 cm³/mol. The molecule has 0 fully saturated rings. The Morgan fingerprint density at radius 2 is 2.40 bits per heavy atom. The van der Waals surface area contributed by atoms with E-state index in [1.807, 2.05) is 5.43 Å². The lowest BCUT2D eigenvalue weighted by molar-refractivity contribution is 0.0953. The standard InChI is InChI=1S/C7H6N2O/c8-9-7(10)6-4-2-1-3-5-6/h1-2,5H,8H2,(H,9,10). The van der Waals surface area contributed by atoms with Crippen LogP contribution in [0.3, 0.4) is 0 Å². The number of benzene rings is 1. The second-order valence-electron chi connectivity index (χ2n) is 1.68. The van der Waals surface area contributed by atoms with Crippen molar-refractivity contribution in [3.8, 4) is 0 Å². The van der Waals surface area contributed by atoms with E-state index in [0.717, 1.165) is 0 Å². The van der Waals surface area contributed by atoms with Crippen molar-refractivity contribution >= 4 is 5.91 Å². The van der Waals surface area contributed by atoms with E-state index in [9.17, 15) is 4.79 Å². The summed E-state index contributed by atoms with van der Waals surface area (Å²) in [6.07, 6.45) is 0. The van der Waals surface area contributed by atoms with E-state index >= 15 is 0 Å². The molecule has 1 aromatic carbocycles. The molecule has 2 radical (unpaired) electrons. The summed E-state index contributed by atoms with van der Waals surface area (Å²) in [7, 11) is 0. The molecule has 1 aromatic rings.